The number of hydrogen-bond acceptors (Lipinski definition) is 4. The highest BCUT2D eigenvalue weighted by atomic mass is 19.1. The Bertz CT molecular complexity index is 902. The average Bonchev–Trinajstić information content (AvgIpc) is 3.29. The molecule has 148 valence electrons. The Hall–Kier alpha value is -2.81. The maximum absolute atomic E-state index is 13.3. The maximum Gasteiger partial charge on any atom is 0.274 e. The van der Waals surface area contributed by atoms with Crippen LogP contribution in [0.5, 0.6) is 0 Å². The van der Waals surface area contributed by atoms with E-state index < -0.39 is 23.6 Å². The first-order chi connectivity index (χ1) is 13.4. The highest BCUT2D eigenvalue weighted by molar-refractivity contribution is 5.94. The molecule has 1 aliphatic heterocycles. The molecular formula is C19H20F2N4O3. The van der Waals surface area contributed by atoms with Crippen molar-refractivity contribution in [2.45, 2.75) is 25.4 Å². The summed E-state index contributed by atoms with van der Waals surface area (Å²) in [6.07, 6.45) is 1.09. The first kappa shape index (κ1) is 18.5. The van der Waals surface area contributed by atoms with Gasteiger partial charge in [-0.3, -0.25) is 14.7 Å². The predicted octanol–water partition coefficient (Wildman–Crippen LogP) is 1.19. The fraction of sp³-hybridized carbons (Fsp3) is 0.421. The number of amides is 2. The van der Waals surface area contributed by atoms with Gasteiger partial charge in [0.2, 0.25) is 0 Å². The van der Waals surface area contributed by atoms with Crippen LogP contribution < -0.4 is 0 Å². The van der Waals surface area contributed by atoms with Crippen molar-refractivity contribution in [3.8, 4) is 0 Å². The number of rotatable bonds is 3. The lowest BCUT2D eigenvalue weighted by Crippen LogP contribution is -2.51. The second-order valence-electron chi connectivity index (χ2n) is 7.11. The van der Waals surface area contributed by atoms with Crippen LogP contribution in [0.1, 0.15) is 39.8 Å². The zero-order chi connectivity index (χ0) is 19.8. The fourth-order valence-corrected chi connectivity index (χ4v) is 3.82. The van der Waals surface area contributed by atoms with E-state index in [1.807, 2.05) is 0 Å². The lowest BCUT2D eigenvalue weighted by molar-refractivity contribution is -0.142. The SMILES string of the molecule is O=C(c1n[nH]c2c1CCC2)N1CCN(C(=O)C(O)c2cc(F)cc(F)c2)CC1. The standard InChI is InChI=1S/C19H20F2N4O3/c20-12-8-11(9-13(21)10-12)17(26)19(28)25-6-4-24(5-7-25)18(27)16-14-2-1-3-15(14)22-23-16/h8-10,17,26H,1-7H2,(H,22,23). The fourth-order valence-electron chi connectivity index (χ4n) is 3.82. The van der Waals surface area contributed by atoms with E-state index in [9.17, 15) is 23.5 Å². The predicted molar refractivity (Wildman–Crippen MR) is 94.4 cm³/mol. The Morgan fingerprint density at radius 1 is 1.04 bits per heavy atom. The molecule has 1 fully saturated rings. The van der Waals surface area contributed by atoms with Crippen LogP contribution in [-0.4, -0.2) is 63.1 Å². The van der Waals surface area contributed by atoms with Gasteiger partial charge in [-0.2, -0.15) is 5.10 Å². The number of aliphatic hydroxyl groups is 1. The van der Waals surface area contributed by atoms with Crippen molar-refractivity contribution in [1.29, 1.82) is 0 Å². The van der Waals surface area contributed by atoms with Gasteiger partial charge in [0.05, 0.1) is 0 Å². The number of hydrogen-bond donors (Lipinski definition) is 2. The Balaban J connectivity index is 1.39. The average molecular weight is 390 g/mol. The number of aryl methyl sites for hydroxylation is 1. The third kappa shape index (κ3) is 3.37. The molecule has 7 nitrogen and oxygen atoms in total. The van der Waals surface area contributed by atoms with Gasteiger partial charge in [0.15, 0.2) is 11.8 Å². The van der Waals surface area contributed by atoms with E-state index in [-0.39, 0.29) is 24.6 Å². The molecule has 1 unspecified atom stereocenters. The number of aliphatic hydroxyl groups excluding tert-OH is 1. The van der Waals surface area contributed by atoms with E-state index in [4.69, 9.17) is 0 Å². The number of carbonyl (C=O) groups is 2. The molecule has 2 heterocycles. The second-order valence-corrected chi connectivity index (χ2v) is 7.11. The zero-order valence-electron chi connectivity index (χ0n) is 15.1. The molecule has 0 spiro atoms. The summed E-state index contributed by atoms with van der Waals surface area (Å²) < 4.78 is 26.7. The van der Waals surface area contributed by atoms with Gasteiger partial charge >= 0.3 is 0 Å². The molecule has 0 radical (unpaired) electrons. The van der Waals surface area contributed by atoms with Crippen LogP contribution in [0.2, 0.25) is 0 Å². The first-order valence-corrected chi connectivity index (χ1v) is 9.22. The summed E-state index contributed by atoms with van der Waals surface area (Å²) >= 11 is 0. The van der Waals surface area contributed by atoms with Gasteiger partial charge in [-0.05, 0) is 37.0 Å². The summed E-state index contributed by atoms with van der Waals surface area (Å²) in [4.78, 5) is 28.3. The minimum Gasteiger partial charge on any atom is -0.378 e. The Labute approximate surface area is 159 Å². The van der Waals surface area contributed by atoms with Gasteiger partial charge in [0.25, 0.3) is 11.8 Å². The molecule has 1 aromatic heterocycles. The van der Waals surface area contributed by atoms with Crippen molar-refractivity contribution in [2.24, 2.45) is 0 Å². The molecule has 1 aliphatic carbocycles. The van der Waals surface area contributed by atoms with Crippen LogP contribution in [0.25, 0.3) is 0 Å². The summed E-state index contributed by atoms with van der Waals surface area (Å²) in [5.74, 6) is -2.52. The smallest absolute Gasteiger partial charge is 0.274 e. The molecule has 2 aromatic rings. The molecular weight excluding hydrogens is 370 g/mol. The highest BCUT2D eigenvalue weighted by Gasteiger charge is 2.32. The Morgan fingerprint density at radius 2 is 1.68 bits per heavy atom. The van der Waals surface area contributed by atoms with E-state index in [2.05, 4.69) is 10.2 Å². The van der Waals surface area contributed by atoms with Crippen molar-refractivity contribution in [3.63, 3.8) is 0 Å². The summed E-state index contributed by atoms with van der Waals surface area (Å²) in [5, 5.41) is 17.3. The minimum absolute atomic E-state index is 0.131. The number of benzene rings is 1. The van der Waals surface area contributed by atoms with E-state index >= 15 is 0 Å². The molecule has 4 rings (SSSR count). The van der Waals surface area contributed by atoms with Gasteiger partial charge in [-0.25, -0.2) is 8.78 Å². The van der Waals surface area contributed by atoms with E-state index in [0.29, 0.717) is 24.8 Å². The number of piperazine rings is 1. The zero-order valence-corrected chi connectivity index (χ0v) is 15.1. The van der Waals surface area contributed by atoms with E-state index in [0.717, 1.165) is 42.7 Å². The van der Waals surface area contributed by atoms with Crippen LogP contribution >= 0.6 is 0 Å². The highest BCUT2D eigenvalue weighted by Crippen LogP contribution is 2.24. The number of H-pyrrole nitrogens is 1. The lowest BCUT2D eigenvalue weighted by atomic mass is 10.1. The summed E-state index contributed by atoms with van der Waals surface area (Å²) in [5.41, 5.74) is 2.31. The third-order valence-electron chi connectivity index (χ3n) is 5.32. The molecule has 28 heavy (non-hydrogen) atoms. The molecule has 1 atom stereocenters. The summed E-state index contributed by atoms with van der Waals surface area (Å²) in [7, 11) is 0. The monoisotopic (exact) mass is 390 g/mol. The van der Waals surface area contributed by atoms with Gasteiger partial charge in [-0.15, -0.1) is 0 Å². The van der Waals surface area contributed by atoms with Crippen molar-refractivity contribution in [2.75, 3.05) is 26.2 Å². The van der Waals surface area contributed by atoms with Crippen molar-refractivity contribution in [3.05, 3.63) is 52.3 Å². The minimum atomic E-state index is -1.65. The molecule has 2 aliphatic rings. The van der Waals surface area contributed by atoms with Gasteiger partial charge in [-0.1, -0.05) is 0 Å². The van der Waals surface area contributed by atoms with Gasteiger partial charge in [0, 0.05) is 43.5 Å². The van der Waals surface area contributed by atoms with Crippen LogP contribution in [0.15, 0.2) is 18.2 Å². The molecule has 2 amide bonds. The summed E-state index contributed by atoms with van der Waals surface area (Å²) in [6.45, 7) is 1.06. The Kier molecular flexibility index (Phi) is 4.84. The van der Waals surface area contributed by atoms with Crippen molar-refractivity contribution >= 4 is 11.8 Å². The van der Waals surface area contributed by atoms with Crippen LogP contribution in [0, 0.1) is 11.6 Å². The second kappa shape index (κ2) is 7.31. The Morgan fingerprint density at radius 3 is 2.36 bits per heavy atom. The van der Waals surface area contributed by atoms with E-state index in [1.165, 1.54) is 4.90 Å². The lowest BCUT2D eigenvalue weighted by Gasteiger charge is -2.35. The largest absolute Gasteiger partial charge is 0.378 e. The number of aromatic amines is 1. The molecule has 1 aromatic carbocycles. The normalized spacial score (nSPS) is 17.5. The number of fused-ring (bicyclic) bond motifs is 1. The molecule has 9 heteroatoms. The molecule has 2 N–H and O–H groups in total. The summed E-state index contributed by atoms with van der Waals surface area (Å²) in [6, 6.07) is 2.55. The number of nitrogens with one attached hydrogen (secondary N) is 1. The third-order valence-corrected chi connectivity index (χ3v) is 5.32. The number of carbonyl (C=O) groups excluding carboxylic acids is 2. The van der Waals surface area contributed by atoms with Gasteiger partial charge in [0.1, 0.15) is 11.6 Å². The maximum atomic E-state index is 13.3. The number of nitrogens with zero attached hydrogens (tertiary/aromatic N) is 3. The number of aromatic nitrogens is 2. The van der Waals surface area contributed by atoms with Crippen molar-refractivity contribution < 1.29 is 23.5 Å². The van der Waals surface area contributed by atoms with Crippen LogP contribution in [-0.2, 0) is 17.6 Å². The topological polar surface area (TPSA) is 89.5 Å². The van der Waals surface area contributed by atoms with Gasteiger partial charge < -0.3 is 14.9 Å². The molecule has 0 saturated carbocycles. The molecule has 0 bridgehead atoms. The van der Waals surface area contributed by atoms with Crippen molar-refractivity contribution in [1.82, 2.24) is 20.0 Å². The quantitative estimate of drug-likeness (QED) is 0.824. The number of halogens is 2. The van der Waals surface area contributed by atoms with Crippen LogP contribution in [0.3, 0.4) is 0 Å². The van der Waals surface area contributed by atoms with E-state index in [1.54, 1.807) is 4.90 Å². The first-order valence-electron chi connectivity index (χ1n) is 9.22. The van der Waals surface area contributed by atoms with Crippen LogP contribution in [0.4, 0.5) is 8.78 Å². The molecule has 1 saturated heterocycles.